The summed E-state index contributed by atoms with van der Waals surface area (Å²) >= 11 is 5.37. The zero-order chi connectivity index (χ0) is 22.3. The molecule has 1 aromatic rings. The lowest BCUT2D eigenvalue weighted by molar-refractivity contribution is 0.445. The second-order valence-electron chi connectivity index (χ2n) is 8.02. The number of thiocarbonyl (C=S) groups is 1. The summed E-state index contributed by atoms with van der Waals surface area (Å²) in [6, 6.07) is 7.35. The fraction of sp³-hybridized carbons (Fsp3) is 0.545. The topological polar surface area (TPSA) is 88.5 Å². The van der Waals surface area contributed by atoms with Crippen molar-refractivity contribution in [3.05, 3.63) is 42.0 Å². The summed E-state index contributed by atoms with van der Waals surface area (Å²) in [5.74, 6) is 0.0798. The number of nitrogens with one attached hydrogen (secondary N) is 3. The molecule has 7 nitrogen and oxygen atoms in total. The molecule has 0 aromatic heterocycles. The predicted molar refractivity (Wildman–Crippen MR) is 129 cm³/mol. The van der Waals surface area contributed by atoms with Crippen LogP contribution in [0.1, 0.15) is 44.6 Å². The molecule has 1 unspecified atom stereocenters. The molecular formula is C22H33N5O2S2. The van der Waals surface area contributed by atoms with E-state index in [-0.39, 0.29) is 10.9 Å². The van der Waals surface area contributed by atoms with Crippen LogP contribution in [0.25, 0.3) is 0 Å². The van der Waals surface area contributed by atoms with Crippen molar-refractivity contribution in [2.75, 3.05) is 26.2 Å². The van der Waals surface area contributed by atoms with Crippen molar-refractivity contribution < 1.29 is 8.42 Å². The standard InChI is InChI=1S/C22H33N5O2S2/c1-2-3-15-26-16-17-27(21(26)23)31(28,29)20-11-9-18(10-12-20)13-14-24-22(30)25-19-7-5-4-6-8-19/h4-5,9-12,19,23H,2-3,6-8,13-17H2,1H3,(H2,24,25,30). The highest BCUT2D eigenvalue weighted by Crippen LogP contribution is 2.21. The van der Waals surface area contributed by atoms with Gasteiger partial charge in [0.05, 0.1) is 11.4 Å². The average molecular weight is 464 g/mol. The molecule has 0 spiro atoms. The quantitative estimate of drug-likeness (QED) is 0.386. The molecule has 1 aromatic carbocycles. The van der Waals surface area contributed by atoms with E-state index in [2.05, 4.69) is 29.7 Å². The van der Waals surface area contributed by atoms with E-state index in [0.29, 0.717) is 30.8 Å². The third-order valence-electron chi connectivity index (χ3n) is 5.71. The molecule has 1 aliphatic carbocycles. The number of nitrogens with zero attached hydrogens (tertiary/aromatic N) is 2. The van der Waals surface area contributed by atoms with Crippen molar-refractivity contribution in [1.29, 1.82) is 5.41 Å². The van der Waals surface area contributed by atoms with E-state index in [1.54, 1.807) is 12.1 Å². The molecule has 9 heteroatoms. The summed E-state index contributed by atoms with van der Waals surface area (Å²) in [6.45, 7) is 4.40. The van der Waals surface area contributed by atoms with E-state index in [0.717, 1.165) is 50.6 Å². The number of hydrogen-bond donors (Lipinski definition) is 3. The summed E-state index contributed by atoms with van der Waals surface area (Å²) in [4.78, 5) is 2.07. The van der Waals surface area contributed by atoms with E-state index >= 15 is 0 Å². The Balaban J connectivity index is 1.49. The summed E-state index contributed by atoms with van der Waals surface area (Å²) in [5, 5.41) is 15.5. The smallest absolute Gasteiger partial charge is 0.266 e. The molecule has 1 atom stereocenters. The molecular weight excluding hydrogens is 430 g/mol. The van der Waals surface area contributed by atoms with Gasteiger partial charge in [0, 0.05) is 25.7 Å². The van der Waals surface area contributed by atoms with Crippen molar-refractivity contribution in [2.24, 2.45) is 0 Å². The molecule has 0 radical (unpaired) electrons. The summed E-state index contributed by atoms with van der Waals surface area (Å²) < 4.78 is 27.2. The molecule has 0 amide bonds. The molecule has 2 aliphatic rings. The van der Waals surface area contributed by atoms with Crippen LogP contribution >= 0.6 is 12.2 Å². The minimum Gasteiger partial charge on any atom is -0.362 e. The van der Waals surface area contributed by atoms with Crippen LogP contribution < -0.4 is 10.6 Å². The number of hydrogen-bond acceptors (Lipinski definition) is 4. The minimum atomic E-state index is -3.70. The first-order valence-corrected chi connectivity index (χ1v) is 12.9. The van der Waals surface area contributed by atoms with Crippen LogP contribution in [0.2, 0.25) is 0 Å². The molecule has 1 heterocycles. The highest BCUT2D eigenvalue weighted by molar-refractivity contribution is 7.89. The van der Waals surface area contributed by atoms with Crippen LogP contribution in [-0.4, -0.2) is 60.9 Å². The van der Waals surface area contributed by atoms with Gasteiger partial charge in [-0.1, -0.05) is 37.6 Å². The lowest BCUT2D eigenvalue weighted by atomic mass is 10.0. The second-order valence-corrected chi connectivity index (χ2v) is 10.3. The number of unbranched alkanes of at least 4 members (excludes halogenated alkanes) is 1. The number of allylic oxidation sites excluding steroid dienone is 1. The van der Waals surface area contributed by atoms with Gasteiger partial charge in [-0.05, 0) is 62.0 Å². The molecule has 0 bridgehead atoms. The third-order valence-corrected chi connectivity index (χ3v) is 7.77. The largest absolute Gasteiger partial charge is 0.362 e. The predicted octanol–water partition coefficient (Wildman–Crippen LogP) is 2.84. The van der Waals surface area contributed by atoms with Crippen molar-refractivity contribution >= 4 is 33.3 Å². The lowest BCUT2D eigenvalue weighted by Crippen LogP contribution is -2.42. The average Bonchev–Trinajstić information content (AvgIpc) is 3.14. The third kappa shape index (κ3) is 6.20. The number of sulfonamides is 1. The van der Waals surface area contributed by atoms with Crippen molar-refractivity contribution in [1.82, 2.24) is 19.8 Å². The van der Waals surface area contributed by atoms with E-state index in [9.17, 15) is 8.42 Å². The Hall–Kier alpha value is -2.13. The van der Waals surface area contributed by atoms with Crippen molar-refractivity contribution in [3.8, 4) is 0 Å². The van der Waals surface area contributed by atoms with E-state index < -0.39 is 10.0 Å². The van der Waals surface area contributed by atoms with Gasteiger partial charge in [0.1, 0.15) is 0 Å². The Morgan fingerprint density at radius 1 is 1.23 bits per heavy atom. The first-order valence-electron chi connectivity index (χ1n) is 11.1. The van der Waals surface area contributed by atoms with Crippen LogP contribution in [0, 0.1) is 5.41 Å². The molecule has 1 saturated heterocycles. The summed E-state index contributed by atoms with van der Waals surface area (Å²) in [7, 11) is -3.70. The second kappa shape index (κ2) is 10.9. The summed E-state index contributed by atoms with van der Waals surface area (Å²) in [5.41, 5.74) is 1.04. The Labute approximate surface area is 191 Å². The molecule has 0 saturated carbocycles. The molecule has 3 N–H and O–H groups in total. The number of guanidine groups is 1. The molecule has 1 fully saturated rings. The van der Waals surface area contributed by atoms with Crippen LogP contribution in [0.15, 0.2) is 41.3 Å². The monoisotopic (exact) mass is 463 g/mol. The van der Waals surface area contributed by atoms with E-state index in [1.165, 1.54) is 4.31 Å². The van der Waals surface area contributed by atoms with E-state index in [4.69, 9.17) is 17.6 Å². The molecule has 31 heavy (non-hydrogen) atoms. The maximum atomic E-state index is 13.0. The SMILES string of the molecule is CCCCN1CCN(S(=O)(=O)c2ccc(CCNC(=S)NC3CC=CCC3)cc2)C1=N. The fourth-order valence-corrected chi connectivity index (χ4v) is 5.49. The zero-order valence-corrected chi connectivity index (χ0v) is 19.8. The maximum Gasteiger partial charge on any atom is 0.266 e. The van der Waals surface area contributed by atoms with Crippen LogP contribution in [0.5, 0.6) is 0 Å². The number of benzene rings is 1. The van der Waals surface area contributed by atoms with Gasteiger partial charge in [0.25, 0.3) is 10.0 Å². The maximum absolute atomic E-state index is 13.0. The van der Waals surface area contributed by atoms with Gasteiger partial charge in [0.2, 0.25) is 5.96 Å². The van der Waals surface area contributed by atoms with Gasteiger partial charge < -0.3 is 15.5 Å². The van der Waals surface area contributed by atoms with Gasteiger partial charge in [-0.3, -0.25) is 5.41 Å². The van der Waals surface area contributed by atoms with Gasteiger partial charge in [0.15, 0.2) is 5.11 Å². The Bertz CT molecular complexity index is 899. The molecule has 170 valence electrons. The highest BCUT2D eigenvalue weighted by Gasteiger charge is 2.34. The van der Waals surface area contributed by atoms with Gasteiger partial charge >= 0.3 is 0 Å². The van der Waals surface area contributed by atoms with Crippen LogP contribution in [0.4, 0.5) is 0 Å². The Morgan fingerprint density at radius 2 is 2.00 bits per heavy atom. The number of rotatable bonds is 9. The van der Waals surface area contributed by atoms with Gasteiger partial charge in [-0.2, -0.15) is 0 Å². The first kappa shape index (κ1) is 23.5. The van der Waals surface area contributed by atoms with Crippen molar-refractivity contribution in [3.63, 3.8) is 0 Å². The van der Waals surface area contributed by atoms with Crippen LogP contribution in [-0.2, 0) is 16.4 Å². The van der Waals surface area contributed by atoms with Gasteiger partial charge in [-0.25, -0.2) is 12.7 Å². The first-order chi connectivity index (χ1) is 14.9. The minimum absolute atomic E-state index is 0.0798. The van der Waals surface area contributed by atoms with Crippen molar-refractivity contribution in [2.45, 2.75) is 56.4 Å². The normalized spacial score (nSPS) is 19.0. The highest BCUT2D eigenvalue weighted by atomic mass is 32.2. The zero-order valence-electron chi connectivity index (χ0n) is 18.1. The van der Waals surface area contributed by atoms with Crippen LogP contribution in [0.3, 0.4) is 0 Å². The Morgan fingerprint density at radius 3 is 2.68 bits per heavy atom. The Kier molecular flexibility index (Phi) is 8.31. The van der Waals surface area contributed by atoms with Gasteiger partial charge in [-0.15, -0.1) is 0 Å². The van der Waals surface area contributed by atoms with E-state index in [1.807, 2.05) is 17.0 Å². The molecule has 3 rings (SSSR count). The lowest BCUT2D eigenvalue weighted by Gasteiger charge is -2.22. The molecule has 1 aliphatic heterocycles. The summed E-state index contributed by atoms with van der Waals surface area (Å²) in [6.07, 6.45) is 10.3. The fourth-order valence-electron chi connectivity index (χ4n) is 3.82.